The number of hydrogen-bond acceptors (Lipinski definition) is 3. The molecular formula is C15H28N2O3. The Kier molecular flexibility index (Phi) is 5.84. The van der Waals surface area contributed by atoms with Crippen LogP contribution in [-0.2, 0) is 9.53 Å². The molecule has 1 N–H and O–H groups in total. The highest BCUT2D eigenvalue weighted by Crippen LogP contribution is 2.18. The van der Waals surface area contributed by atoms with Gasteiger partial charge in [-0.2, -0.15) is 0 Å². The zero-order chi connectivity index (χ0) is 15.3. The minimum atomic E-state index is -0.510. The Labute approximate surface area is 122 Å². The summed E-state index contributed by atoms with van der Waals surface area (Å²) in [6.45, 7) is 10.4. The van der Waals surface area contributed by atoms with Crippen molar-refractivity contribution in [3.63, 3.8) is 0 Å². The van der Waals surface area contributed by atoms with Gasteiger partial charge in [0.05, 0.1) is 0 Å². The van der Waals surface area contributed by atoms with Crippen LogP contribution < -0.4 is 5.32 Å². The molecule has 1 rings (SSSR count). The second kappa shape index (κ2) is 6.95. The molecule has 0 bridgehead atoms. The summed E-state index contributed by atoms with van der Waals surface area (Å²) in [4.78, 5) is 26.2. The molecule has 5 nitrogen and oxygen atoms in total. The zero-order valence-corrected chi connectivity index (χ0v) is 13.4. The van der Waals surface area contributed by atoms with E-state index in [1.54, 1.807) is 0 Å². The maximum Gasteiger partial charge on any atom is 0.408 e. The van der Waals surface area contributed by atoms with Crippen LogP contribution >= 0.6 is 0 Å². The lowest BCUT2D eigenvalue weighted by Crippen LogP contribution is -2.50. The molecule has 1 heterocycles. The third-order valence-corrected chi connectivity index (χ3v) is 4.05. The summed E-state index contributed by atoms with van der Waals surface area (Å²) in [6, 6.07) is -0.225. The van der Waals surface area contributed by atoms with Gasteiger partial charge in [0.25, 0.3) is 0 Å². The number of alkyl carbamates (subject to hydrolysis) is 1. The van der Waals surface area contributed by atoms with Gasteiger partial charge in [-0.25, -0.2) is 4.79 Å². The number of ether oxygens (including phenoxy) is 1. The summed E-state index contributed by atoms with van der Waals surface area (Å²) in [5.74, 6) is 0.00348. The molecule has 20 heavy (non-hydrogen) atoms. The summed E-state index contributed by atoms with van der Waals surface area (Å²) in [6.07, 6.45) is 2.87. The molecule has 5 heteroatoms. The van der Waals surface area contributed by atoms with Crippen molar-refractivity contribution in [2.24, 2.45) is 0 Å². The first-order valence-electron chi connectivity index (χ1n) is 7.60. The van der Waals surface area contributed by atoms with E-state index in [1.807, 2.05) is 32.6 Å². The van der Waals surface area contributed by atoms with Crippen LogP contribution in [0.5, 0.6) is 0 Å². The Balaban J connectivity index is 2.58. The van der Waals surface area contributed by atoms with E-state index in [0.717, 1.165) is 25.8 Å². The van der Waals surface area contributed by atoms with Gasteiger partial charge in [-0.05, 0) is 46.5 Å². The van der Waals surface area contributed by atoms with Crippen LogP contribution in [0.15, 0.2) is 0 Å². The Morgan fingerprint density at radius 2 is 2.05 bits per heavy atom. The Hall–Kier alpha value is -1.26. The molecule has 1 saturated heterocycles. The second-order valence-corrected chi connectivity index (χ2v) is 6.13. The average molecular weight is 284 g/mol. The molecule has 1 unspecified atom stereocenters. The SMILES string of the molecule is CC[C@H](NC(=O)OC(C)(C)CC)C(=O)N1CCCC1C. The number of nitrogens with one attached hydrogen (secondary N) is 1. The van der Waals surface area contributed by atoms with Gasteiger partial charge in [-0.15, -0.1) is 0 Å². The van der Waals surface area contributed by atoms with Crippen molar-refractivity contribution >= 4 is 12.0 Å². The van der Waals surface area contributed by atoms with E-state index in [2.05, 4.69) is 12.2 Å². The quantitative estimate of drug-likeness (QED) is 0.844. The van der Waals surface area contributed by atoms with Crippen molar-refractivity contribution < 1.29 is 14.3 Å². The zero-order valence-electron chi connectivity index (χ0n) is 13.4. The summed E-state index contributed by atoms with van der Waals surface area (Å²) < 4.78 is 5.34. The first-order chi connectivity index (χ1) is 9.30. The summed E-state index contributed by atoms with van der Waals surface area (Å²) in [5.41, 5.74) is -0.508. The summed E-state index contributed by atoms with van der Waals surface area (Å²) in [5, 5.41) is 2.70. The predicted octanol–water partition coefficient (Wildman–Crippen LogP) is 2.69. The van der Waals surface area contributed by atoms with Crippen molar-refractivity contribution in [2.75, 3.05) is 6.54 Å². The van der Waals surface area contributed by atoms with Gasteiger partial charge >= 0.3 is 6.09 Å². The van der Waals surface area contributed by atoms with Crippen molar-refractivity contribution in [3.8, 4) is 0 Å². The lowest BCUT2D eigenvalue weighted by atomic mass is 10.1. The van der Waals surface area contributed by atoms with Crippen molar-refractivity contribution in [2.45, 2.75) is 78.0 Å². The van der Waals surface area contributed by atoms with Gasteiger partial charge < -0.3 is 15.0 Å². The molecule has 0 saturated carbocycles. The van der Waals surface area contributed by atoms with Crippen LogP contribution in [0.3, 0.4) is 0 Å². The van der Waals surface area contributed by atoms with E-state index >= 15 is 0 Å². The van der Waals surface area contributed by atoms with Crippen LogP contribution in [-0.4, -0.2) is 41.1 Å². The van der Waals surface area contributed by atoms with E-state index in [4.69, 9.17) is 4.74 Å². The maximum absolute atomic E-state index is 12.4. The van der Waals surface area contributed by atoms with E-state index in [1.165, 1.54) is 0 Å². The molecule has 1 aliphatic heterocycles. The fourth-order valence-electron chi connectivity index (χ4n) is 2.29. The average Bonchev–Trinajstić information content (AvgIpc) is 2.81. The number of likely N-dealkylation sites (tertiary alicyclic amines) is 1. The molecule has 0 aromatic rings. The maximum atomic E-state index is 12.4. The van der Waals surface area contributed by atoms with Gasteiger partial charge in [-0.1, -0.05) is 13.8 Å². The van der Waals surface area contributed by atoms with Crippen LogP contribution in [0.2, 0.25) is 0 Å². The fourth-order valence-corrected chi connectivity index (χ4v) is 2.29. The van der Waals surface area contributed by atoms with Crippen molar-refractivity contribution in [1.29, 1.82) is 0 Å². The molecule has 0 aliphatic carbocycles. The van der Waals surface area contributed by atoms with Crippen LogP contribution in [0.25, 0.3) is 0 Å². The highest BCUT2D eigenvalue weighted by atomic mass is 16.6. The summed E-state index contributed by atoms with van der Waals surface area (Å²) >= 11 is 0. The Morgan fingerprint density at radius 3 is 2.50 bits per heavy atom. The summed E-state index contributed by atoms with van der Waals surface area (Å²) in [7, 11) is 0. The minimum Gasteiger partial charge on any atom is -0.444 e. The van der Waals surface area contributed by atoms with Gasteiger partial charge in [0.1, 0.15) is 11.6 Å². The molecular weight excluding hydrogens is 256 g/mol. The van der Waals surface area contributed by atoms with Gasteiger partial charge in [0.2, 0.25) is 5.91 Å². The third-order valence-electron chi connectivity index (χ3n) is 4.05. The standard InChI is InChI=1S/C15H28N2O3/c1-6-12(13(18)17-10-8-9-11(17)3)16-14(19)20-15(4,5)7-2/h11-12H,6-10H2,1-5H3,(H,16,19)/t11?,12-/m0/s1. The van der Waals surface area contributed by atoms with Crippen LogP contribution in [0.4, 0.5) is 4.79 Å². The second-order valence-electron chi connectivity index (χ2n) is 6.13. The monoisotopic (exact) mass is 284 g/mol. The molecule has 1 aliphatic rings. The smallest absolute Gasteiger partial charge is 0.408 e. The number of carbonyl (C=O) groups is 2. The number of hydrogen-bond donors (Lipinski definition) is 1. The van der Waals surface area contributed by atoms with E-state index in [0.29, 0.717) is 6.42 Å². The highest BCUT2D eigenvalue weighted by Gasteiger charge is 2.31. The highest BCUT2D eigenvalue weighted by molar-refractivity contribution is 5.86. The van der Waals surface area contributed by atoms with E-state index in [9.17, 15) is 9.59 Å². The molecule has 0 radical (unpaired) electrons. The molecule has 0 aromatic heterocycles. The first kappa shape index (κ1) is 16.8. The van der Waals surface area contributed by atoms with E-state index < -0.39 is 17.7 Å². The van der Waals surface area contributed by atoms with Crippen LogP contribution in [0.1, 0.15) is 60.3 Å². The largest absolute Gasteiger partial charge is 0.444 e. The molecule has 2 atom stereocenters. The van der Waals surface area contributed by atoms with Crippen molar-refractivity contribution in [3.05, 3.63) is 0 Å². The molecule has 0 aromatic carbocycles. The predicted molar refractivity (Wildman–Crippen MR) is 78.5 cm³/mol. The molecule has 0 spiro atoms. The number of carbonyl (C=O) groups excluding carboxylic acids is 2. The topological polar surface area (TPSA) is 58.6 Å². The number of amides is 2. The van der Waals surface area contributed by atoms with E-state index in [-0.39, 0.29) is 11.9 Å². The normalized spacial score (nSPS) is 20.6. The Bertz CT molecular complexity index is 355. The van der Waals surface area contributed by atoms with Crippen molar-refractivity contribution in [1.82, 2.24) is 10.2 Å². The van der Waals surface area contributed by atoms with Gasteiger partial charge in [0, 0.05) is 12.6 Å². The van der Waals surface area contributed by atoms with Gasteiger partial charge in [0.15, 0.2) is 0 Å². The van der Waals surface area contributed by atoms with Gasteiger partial charge in [-0.3, -0.25) is 4.79 Å². The fraction of sp³-hybridized carbons (Fsp3) is 0.867. The number of rotatable bonds is 5. The minimum absolute atomic E-state index is 0.00348. The lowest BCUT2D eigenvalue weighted by molar-refractivity contribution is -0.134. The molecule has 2 amide bonds. The molecule has 1 fully saturated rings. The molecule has 116 valence electrons. The number of nitrogens with zero attached hydrogens (tertiary/aromatic N) is 1. The first-order valence-corrected chi connectivity index (χ1v) is 7.60. The third kappa shape index (κ3) is 4.39. The lowest BCUT2D eigenvalue weighted by Gasteiger charge is -2.28. The Morgan fingerprint density at radius 1 is 1.40 bits per heavy atom. The van der Waals surface area contributed by atoms with Crippen LogP contribution in [0, 0.1) is 0 Å².